The third-order valence-corrected chi connectivity index (χ3v) is 18.7. The average molecular weight is 1020 g/mol. The van der Waals surface area contributed by atoms with Crippen LogP contribution in [0.3, 0.4) is 0 Å². The highest BCUT2D eigenvalue weighted by Gasteiger charge is 2.47. The van der Waals surface area contributed by atoms with Gasteiger partial charge in [-0.1, -0.05) is 242 Å². The SMILES string of the molecule is CC(C)c1cc2c3c(c1)N(c1ccc(C(C)(C)C)cc1-c1ccc(-c4ccccc4)cc1)c1cc4c(cc1B3c1cc(C(C)(C)c3ccccc3)ccc1N2c1ccc(C(C)(C)c2ccccc2)cc1)C(C)(C)CCC4(C)C. The summed E-state index contributed by atoms with van der Waals surface area (Å²) in [5.41, 5.74) is 26.8. The van der Waals surface area contributed by atoms with Gasteiger partial charge >= 0.3 is 0 Å². The maximum atomic E-state index is 2.72. The highest BCUT2D eigenvalue weighted by molar-refractivity contribution is 7.00. The van der Waals surface area contributed by atoms with Gasteiger partial charge in [-0.15, -0.1) is 0 Å². The van der Waals surface area contributed by atoms with Gasteiger partial charge in [-0.25, -0.2) is 0 Å². The summed E-state index contributed by atoms with van der Waals surface area (Å²) in [6.45, 7) is 31.2. The van der Waals surface area contributed by atoms with Crippen molar-refractivity contribution in [2.75, 3.05) is 9.80 Å². The summed E-state index contributed by atoms with van der Waals surface area (Å²) in [5, 5.41) is 0. The Hall–Kier alpha value is -7.36. The Morgan fingerprint density at radius 2 is 0.859 bits per heavy atom. The van der Waals surface area contributed by atoms with E-state index in [1.54, 1.807) is 0 Å². The fourth-order valence-corrected chi connectivity index (χ4v) is 13.3. The van der Waals surface area contributed by atoms with Crippen molar-refractivity contribution in [2.45, 2.75) is 136 Å². The lowest BCUT2D eigenvalue weighted by Gasteiger charge is -2.48. The van der Waals surface area contributed by atoms with Gasteiger partial charge in [0.25, 0.3) is 6.71 Å². The van der Waals surface area contributed by atoms with E-state index in [4.69, 9.17) is 0 Å². The highest BCUT2D eigenvalue weighted by Crippen LogP contribution is 2.53. The highest BCUT2D eigenvalue weighted by atomic mass is 15.2. The lowest BCUT2D eigenvalue weighted by atomic mass is 9.32. The largest absolute Gasteiger partial charge is 0.311 e. The monoisotopic (exact) mass is 1020 g/mol. The van der Waals surface area contributed by atoms with Gasteiger partial charge in [0.15, 0.2) is 0 Å². The number of fused-ring (bicyclic) bond motifs is 5. The van der Waals surface area contributed by atoms with Gasteiger partial charge < -0.3 is 9.80 Å². The van der Waals surface area contributed by atoms with Crippen molar-refractivity contribution in [3.8, 4) is 22.3 Å². The van der Waals surface area contributed by atoms with E-state index in [2.05, 4.69) is 300 Å². The Labute approximate surface area is 467 Å². The van der Waals surface area contributed by atoms with Gasteiger partial charge in [0.2, 0.25) is 0 Å². The standard InChI is InChI=1S/C75H77BN2/c1-49(2)53-43-68-70-69(44-53)78(65-39-35-57(71(3,4)5)45-60(65)52-31-29-51(30-32-52)50-23-17-14-18-24-50)67-48-62-61(72(6,7)41-42-73(62,8)9)47-64(67)76(70)63-46-58(75(12,13)55-27-21-16-22-28-55)36-40-66(63)77(68)59-37-33-56(34-38-59)74(10,11)54-25-19-15-20-26-54/h14-40,43-49H,41-42H2,1-13H3. The summed E-state index contributed by atoms with van der Waals surface area (Å²) >= 11 is 0. The third kappa shape index (κ3) is 8.55. The van der Waals surface area contributed by atoms with E-state index < -0.39 is 0 Å². The van der Waals surface area contributed by atoms with Crippen LogP contribution in [0.2, 0.25) is 0 Å². The molecule has 3 heteroatoms. The first-order chi connectivity index (χ1) is 37.1. The third-order valence-electron chi connectivity index (χ3n) is 18.7. The summed E-state index contributed by atoms with van der Waals surface area (Å²) in [6, 6.07) is 77.0. The summed E-state index contributed by atoms with van der Waals surface area (Å²) in [5.74, 6) is 0.274. The van der Waals surface area contributed by atoms with Gasteiger partial charge in [0, 0.05) is 44.8 Å². The molecule has 0 aromatic heterocycles. The molecular weight excluding hydrogens is 940 g/mol. The second-order valence-corrected chi connectivity index (χ2v) is 26.7. The van der Waals surface area contributed by atoms with E-state index in [-0.39, 0.29) is 39.7 Å². The maximum Gasteiger partial charge on any atom is 0.252 e. The van der Waals surface area contributed by atoms with Gasteiger partial charge in [-0.05, 0) is 161 Å². The van der Waals surface area contributed by atoms with Gasteiger partial charge in [-0.2, -0.15) is 0 Å². The Morgan fingerprint density at radius 3 is 1.44 bits per heavy atom. The molecule has 78 heavy (non-hydrogen) atoms. The molecule has 0 fully saturated rings. The number of hydrogen-bond acceptors (Lipinski definition) is 2. The van der Waals surface area contributed by atoms with Crippen LogP contribution in [0.4, 0.5) is 34.1 Å². The van der Waals surface area contributed by atoms with Crippen molar-refractivity contribution in [1.29, 1.82) is 0 Å². The Bertz CT molecular complexity index is 3730. The van der Waals surface area contributed by atoms with Gasteiger partial charge in [0.05, 0.1) is 5.69 Å². The molecule has 12 rings (SSSR count). The molecule has 3 aliphatic rings. The van der Waals surface area contributed by atoms with Crippen molar-refractivity contribution in [3.63, 3.8) is 0 Å². The van der Waals surface area contributed by atoms with Crippen molar-refractivity contribution in [3.05, 3.63) is 245 Å². The second-order valence-electron chi connectivity index (χ2n) is 26.7. The van der Waals surface area contributed by atoms with Crippen molar-refractivity contribution in [1.82, 2.24) is 0 Å². The fraction of sp³-hybridized carbons (Fsp3) is 0.280. The van der Waals surface area contributed by atoms with Crippen LogP contribution in [0.1, 0.15) is 153 Å². The Kier molecular flexibility index (Phi) is 12.3. The first-order valence-corrected chi connectivity index (χ1v) is 28.8. The molecule has 0 N–H and O–H groups in total. The van der Waals surface area contributed by atoms with E-state index in [1.165, 1.54) is 117 Å². The van der Waals surface area contributed by atoms with E-state index in [9.17, 15) is 0 Å². The molecule has 0 radical (unpaired) electrons. The lowest BCUT2D eigenvalue weighted by Crippen LogP contribution is -2.62. The van der Waals surface area contributed by atoms with Crippen LogP contribution >= 0.6 is 0 Å². The molecule has 1 aliphatic carbocycles. The zero-order chi connectivity index (χ0) is 54.7. The van der Waals surface area contributed by atoms with Crippen LogP contribution in [0.25, 0.3) is 22.3 Å². The van der Waals surface area contributed by atoms with Crippen LogP contribution in [0.5, 0.6) is 0 Å². The topological polar surface area (TPSA) is 6.48 Å². The second kappa shape index (κ2) is 18.7. The smallest absolute Gasteiger partial charge is 0.252 e. The Morgan fingerprint density at radius 1 is 0.397 bits per heavy atom. The fourth-order valence-electron chi connectivity index (χ4n) is 13.3. The number of anilines is 6. The quantitative estimate of drug-likeness (QED) is 0.133. The molecule has 9 aromatic rings. The predicted molar refractivity (Wildman–Crippen MR) is 337 cm³/mol. The normalized spacial score (nSPS) is 15.4. The molecule has 0 spiro atoms. The molecule has 0 unspecified atom stereocenters. The van der Waals surface area contributed by atoms with E-state index in [1.807, 2.05) is 0 Å². The minimum absolute atomic E-state index is 0.00164. The molecule has 2 aliphatic heterocycles. The number of hydrogen-bond donors (Lipinski definition) is 0. The molecule has 0 saturated carbocycles. The van der Waals surface area contributed by atoms with Crippen molar-refractivity contribution >= 4 is 57.2 Å². The van der Waals surface area contributed by atoms with Gasteiger partial charge in [0.1, 0.15) is 0 Å². The molecule has 2 nitrogen and oxygen atoms in total. The summed E-state index contributed by atoms with van der Waals surface area (Å²) in [4.78, 5) is 5.34. The minimum Gasteiger partial charge on any atom is -0.311 e. The summed E-state index contributed by atoms with van der Waals surface area (Å²) in [6.07, 6.45) is 2.29. The Balaban J connectivity index is 1.17. The van der Waals surface area contributed by atoms with E-state index >= 15 is 0 Å². The molecule has 2 heterocycles. The van der Waals surface area contributed by atoms with Crippen LogP contribution in [0, 0.1) is 0 Å². The van der Waals surface area contributed by atoms with Gasteiger partial charge in [-0.3, -0.25) is 0 Å². The van der Waals surface area contributed by atoms with Crippen molar-refractivity contribution in [2.24, 2.45) is 0 Å². The molecule has 0 atom stereocenters. The molecule has 9 aromatic carbocycles. The summed E-state index contributed by atoms with van der Waals surface area (Å²) < 4.78 is 0. The number of rotatable bonds is 9. The molecule has 0 saturated heterocycles. The minimum atomic E-state index is -0.248. The van der Waals surface area contributed by atoms with E-state index in [0.29, 0.717) is 0 Å². The first kappa shape index (κ1) is 51.4. The first-order valence-electron chi connectivity index (χ1n) is 28.8. The zero-order valence-corrected chi connectivity index (χ0v) is 48.5. The number of nitrogens with zero attached hydrogens (tertiary/aromatic N) is 2. The molecule has 0 bridgehead atoms. The lowest BCUT2D eigenvalue weighted by molar-refractivity contribution is 0.332. The van der Waals surface area contributed by atoms with Crippen molar-refractivity contribution < 1.29 is 0 Å². The molecule has 390 valence electrons. The predicted octanol–water partition coefficient (Wildman–Crippen LogP) is 18.5. The number of benzene rings is 9. The van der Waals surface area contributed by atoms with Crippen LogP contribution in [-0.2, 0) is 27.1 Å². The molecule has 0 amide bonds. The van der Waals surface area contributed by atoms with Crippen LogP contribution in [-0.4, -0.2) is 6.71 Å². The molecular formula is C75H77BN2. The van der Waals surface area contributed by atoms with E-state index in [0.717, 1.165) is 12.8 Å². The summed E-state index contributed by atoms with van der Waals surface area (Å²) in [7, 11) is 0. The average Bonchev–Trinajstić information content (AvgIpc) is 3.09. The zero-order valence-electron chi connectivity index (χ0n) is 48.5. The van der Waals surface area contributed by atoms with Crippen LogP contribution in [0.15, 0.2) is 200 Å². The van der Waals surface area contributed by atoms with Crippen LogP contribution < -0.4 is 26.2 Å². The maximum absolute atomic E-state index is 2.72.